The molecule has 0 aromatic heterocycles. The molecule has 102 valence electrons. The van der Waals surface area contributed by atoms with Crippen LogP contribution in [-0.4, -0.2) is 64.9 Å². The number of nitrogens with zero attached hydrogens (tertiary/aromatic N) is 1. The molecule has 1 unspecified atom stereocenters. The summed E-state index contributed by atoms with van der Waals surface area (Å²) in [6.45, 7) is -0.507. The Morgan fingerprint density at radius 3 is 2.61 bits per heavy atom. The topological polar surface area (TPSA) is 166 Å². The SMILES string of the molecule is NC(=NC=O)NC(=O)N[C@@H]1O[C@H](CO)[C@H](O)C1O. The first-order chi connectivity index (χ1) is 8.49. The Balaban J connectivity index is 2.50. The molecule has 18 heavy (non-hydrogen) atoms. The van der Waals surface area contributed by atoms with Gasteiger partial charge in [-0.1, -0.05) is 0 Å². The number of guanidine groups is 1. The average molecular weight is 262 g/mol. The monoisotopic (exact) mass is 262 g/mol. The minimum absolute atomic E-state index is 0.141. The van der Waals surface area contributed by atoms with Crippen molar-refractivity contribution in [1.82, 2.24) is 10.6 Å². The highest BCUT2D eigenvalue weighted by Gasteiger charge is 2.43. The summed E-state index contributed by atoms with van der Waals surface area (Å²) in [6, 6.07) is -0.882. The summed E-state index contributed by atoms with van der Waals surface area (Å²) in [6.07, 6.45) is -4.77. The van der Waals surface area contributed by atoms with Crippen molar-refractivity contribution < 1.29 is 29.6 Å². The van der Waals surface area contributed by atoms with Crippen LogP contribution < -0.4 is 16.4 Å². The second kappa shape index (κ2) is 6.26. The maximum Gasteiger partial charge on any atom is 0.323 e. The molecule has 0 aromatic carbocycles. The molecule has 7 N–H and O–H groups in total. The summed E-state index contributed by atoms with van der Waals surface area (Å²) in [4.78, 5) is 24.3. The van der Waals surface area contributed by atoms with E-state index in [4.69, 9.17) is 15.6 Å². The Kier molecular flexibility index (Phi) is 4.97. The Hall–Kier alpha value is -1.75. The Bertz CT molecular complexity index is 348. The van der Waals surface area contributed by atoms with Gasteiger partial charge in [0.1, 0.15) is 18.3 Å². The number of aliphatic hydroxyl groups excluding tert-OH is 3. The normalized spacial score (nSPS) is 32.1. The van der Waals surface area contributed by atoms with E-state index in [0.29, 0.717) is 0 Å². The highest BCUT2D eigenvalue weighted by atomic mass is 16.6. The van der Waals surface area contributed by atoms with Crippen LogP contribution >= 0.6 is 0 Å². The van der Waals surface area contributed by atoms with Gasteiger partial charge in [-0.2, -0.15) is 4.99 Å². The van der Waals surface area contributed by atoms with E-state index < -0.39 is 43.1 Å². The Morgan fingerprint density at radius 2 is 2.11 bits per heavy atom. The zero-order chi connectivity index (χ0) is 13.7. The third-order valence-electron chi connectivity index (χ3n) is 2.25. The van der Waals surface area contributed by atoms with Gasteiger partial charge < -0.3 is 31.1 Å². The molecule has 1 fully saturated rings. The fraction of sp³-hybridized carbons (Fsp3) is 0.625. The summed E-state index contributed by atoms with van der Waals surface area (Å²) in [5.74, 6) is -0.436. The number of aliphatic imine (C=N–C) groups is 1. The smallest absolute Gasteiger partial charge is 0.323 e. The van der Waals surface area contributed by atoms with Crippen molar-refractivity contribution in [2.45, 2.75) is 24.5 Å². The molecule has 1 aliphatic rings. The molecule has 10 nitrogen and oxygen atoms in total. The number of nitrogens with one attached hydrogen (secondary N) is 2. The van der Waals surface area contributed by atoms with Crippen LogP contribution in [0.4, 0.5) is 4.79 Å². The second-order valence-corrected chi connectivity index (χ2v) is 3.48. The molecule has 0 aromatic rings. The van der Waals surface area contributed by atoms with Gasteiger partial charge >= 0.3 is 6.03 Å². The number of amides is 3. The van der Waals surface area contributed by atoms with Gasteiger partial charge in [0.05, 0.1) is 6.61 Å². The van der Waals surface area contributed by atoms with Crippen LogP contribution in [0.3, 0.4) is 0 Å². The molecule has 1 aliphatic heterocycles. The molecular formula is C8H14N4O6. The number of ether oxygens (including phenoxy) is 1. The van der Waals surface area contributed by atoms with E-state index in [9.17, 15) is 19.8 Å². The number of hydrogen-bond acceptors (Lipinski definition) is 6. The van der Waals surface area contributed by atoms with Crippen LogP contribution in [0, 0.1) is 0 Å². The fourth-order valence-electron chi connectivity index (χ4n) is 1.39. The van der Waals surface area contributed by atoms with E-state index >= 15 is 0 Å². The number of carbonyl (C=O) groups is 2. The molecule has 10 heteroatoms. The summed E-state index contributed by atoms with van der Waals surface area (Å²) in [7, 11) is 0. The van der Waals surface area contributed by atoms with Gasteiger partial charge in [0.15, 0.2) is 6.23 Å². The average Bonchev–Trinajstić information content (AvgIpc) is 2.57. The predicted octanol–water partition coefficient (Wildman–Crippen LogP) is -3.80. The van der Waals surface area contributed by atoms with Crippen molar-refractivity contribution in [2.75, 3.05) is 6.61 Å². The summed E-state index contributed by atoms with van der Waals surface area (Å²) >= 11 is 0. The number of urea groups is 1. The molecule has 0 aliphatic carbocycles. The van der Waals surface area contributed by atoms with Crippen LogP contribution in [-0.2, 0) is 9.53 Å². The number of hydrogen-bond donors (Lipinski definition) is 6. The standard InChI is InChI=1S/C8H14N4O6/c9-7(10-2-14)12-8(17)11-6-5(16)4(15)3(1-13)18-6/h2-6,13,15-16H,1H2,(H4,9,10,11,12,14,17)/t3-,4+,5?,6-/m1/s1. The Morgan fingerprint density at radius 1 is 1.44 bits per heavy atom. The van der Waals surface area contributed by atoms with Gasteiger partial charge in [0.25, 0.3) is 0 Å². The molecule has 0 radical (unpaired) electrons. The lowest BCUT2D eigenvalue weighted by molar-refractivity contribution is -0.106. The summed E-state index contributed by atoms with van der Waals surface area (Å²) < 4.78 is 4.98. The fourth-order valence-corrected chi connectivity index (χ4v) is 1.39. The van der Waals surface area contributed by atoms with Crippen molar-refractivity contribution in [3.63, 3.8) is 0 Å². The van der Waals surface area contributed by atoms with Crippen molar-refractivity contribution in [3.8, 4) is 0 Å². The first-order valence-electron chi connectivity index (χ1n) is 4.96. The van der Waals surface area contributed by atoms with Crippen molar-refractivity contribution in [1.29, 1.82) is 0 Å². The number of carbonyl (C=O) groups excluding carboxylic acids is 2. The molecule has 1 heterocycles. The van der Waals surface area contributed by atoms with E-state index in [1.54, 1.807) is 0 Å². The lowest BCUT2D eigenvalue weighted by atomic mass is 10.1. The molecule has 1 rings (SSSR count). The number of aliphatic hydroxyl groups is 3. The molecule has 0 bridgehead atoms. The zero-order valence-electron chi connectivity index (χ0n) is 9.18. The van der Waals surface area contributed by atoms with Gasteiger partial charge in [-0.3, -0.25) is 10.1 Å². The maximum absolute atomic E-state index is 11.3. The van der Waals surface area contributed by atoms with E-state index in [1.807, 2.05) is 5.32 Å². The first kappa shape index (κ1) is 14.3. The Labute approximate surface area is 101 Å². The predicted molar refractivity (Wildman–Crippen MR) is 57.1 cm³/mol. The molecule has 0 spiro atoms. The van der Waals surface area contributed by atoms with E-state index in [2.05, 4.69) is 10.3 Å². The quantitative estimate of drug-likeness (QED) is 0.172. The van der Waals surface area contributed by atoms with Gasteiger partial charge in [-0.05, 0) is 0 Å². The van der Waals surface area contributed by atoms with E-state index in [-0.39, 0.29) is 6.41 Å². The van der Waals surface area contributed by atoms with E-state index in [0.717, 1.165) is 0 Å². The third-order valence-corrected chi connectivity index (χ3v) is 2.25. The van der Waals surface area contributed by atoms with Crippen molar-refractivity contribution in [2.24, 2.45) is 10.7 Å². The lowest BCUT2D eigenvalue weighted by Gasteiger charge is -2.16. The van der Waals surface area contributed by atoms with Gasteiger partial charge in [-0.25, -0.2) is 4.79 Å². The van der Waals surface area contributed by atoms with Crippen LogP contribution in [0.2, 0.25) is 0 Å². The largest absolute Gasteiger partial charge is 0.394 e. The third kappa shape index (κ3) is 3.37. The molecule has 3 amide bonds. The molecule has 0 saturated carbocycles. The van der Waals surface area contributed by atoms with Crippen molar-refractivity contribution >= 4 is 18.4 Å². The minimum atomic E-state index is -1.39. The van der Waals surface area contributed by atoms with Crippen LogP contribution in [0.15, 0.2) is 4.99 Å². The summed E-state index contributed by atoms with van der Waals surface area (Å²) in [5.41, 5.74) is 5.13. The number of nitrogens with two attached hydrogens (primary N) is 1. The van der Waals surface area contributed by atoms with E-state index in [1.165, 1.54) is 0 Å². The zero-order valence-corrected chi connectivity index (χ0v) is 9.18. The maximum atomic E-state index is 11.3. The first-order valence-corrected chi connectivity index (χ1v) is 4.96. The van der Waals surface area contributed by atoms with Gasteiger partial charge in [0.2, 0.25) is 12.4 Å². The summed E-state index contributed by atoms with van der Waals surface area (Å²) in [5, 5.41) is 31.9. The molecule has 1 saturated heterocycles. The van der Waals surface area contributed by atoms with Crippen LogP contribution in [0.1, 0.15) is 0 Å². The van der Waals surface area contributed by atoms with Gasteiger partial charge in [-0.15, -0.1) is 0 Å². The molecular weight excluding hydrogens is 248 g/mol. The van der Waals surface area contributed by atoms with Gasteiger partial charge in [0, 0.05) is 0 Å². The van der Waals surface area contributed by atoms with Crippen LogP contribution in [0.25, 0.3) is 0 Å². The molecule has 4 atom stereocenters. The van der Waals surface area contributed by atoms with Crippen LogP contribution in [0.5, 0.6) is 0 Å². The lowest BCUT2D eigenvalue weighted by Crippen LogP contribution is -2.50. The number of rotatable bonds is 3. The van der Waals surface area contributed by atoms with Crippen molar-refractivity contribution in [3.05, 3.63) is 0 Å². The highest BCUT2D eigenvalue weighted by molar-refractivity contribution is 5.97. The highest BCUT2D eigenvalue weighted by Crippen LogP contribution is 2.18. The second-order valence-electron chi connectivity index (χ2n) is 3.48. The minimum Gasteiger partial charge on any atom is -0.394 e.